The van der Waals surface area contributed by atoms with Crippen molar-refractivity contribution in [3.63, 3.8) is 0 Å². The number of aryl methyl sites for hydroxylation is 1. The normalized spacial score (nSPS) is 12.0. The molecule has 0 aliphatic heterocycles. The van der Waals surface area contributed by atoms with E-state index in [1.54, 1.807) is 17.8 Å². The fraction of sp³-hybridized carbons (Fsp3) is 0.472. The van der Waals surface area contributed by atoms with Crippen LogP contribution in [0.1, 0.15) is 28.5 Å². The largest absolute Gasteiger partial charge is 0.464 e. The summed E-state index contributed by atoms with van der Waals surface area (Å²) < 4.78 is 34.8. The Balaban J connectivity index is 1.78. The molecule has 4 rings (SSSR count). The van der Waals surface area contributed by atoms with Crippen molar-refractivity contribution in [1.29, 1.82) is 0 Å². The smallest absolute Gasteiger partial charge is 0.272 e. The lowest BCUT2D eigenvalue weighted by atomic mass is 10.00. The Morgan fingerprint density at radius 2 is 1.63 bits per heavy atom. The zero-order chi connectivity index (χ0) is 35.8. The molecule has 266 valence electrons. The number of carbonyl (C=O) groups is 1. The molecule has 0 aliphatic rings. The number of halogens is 1. The minimum atomic E-state index is -1.32. The summed E-state index contributed by atoms with van der Waals surface area (Å²) in [5.41, 5.74) is 4.90. The average molecular weight is 709 g/mol. The third kappa shape index (κ3) is 10.4. The molecule has 1 amide bonds. The van der Waals surface area contributed by atoms with Crippen LogP contribution in [0.2, 0.25) is 51.4 Å². The highest BCUT2D eigenvalue weighted by Gasteiger charge is 2.24. The number of para-hydroxylation sites is 1. The Labute approximate surface area is 292 Å². The van der Waals surface area contributed by atoms with E-state index >= 15 is 4.39 Å². The summed E-state index contributed by atoms with van der Waals surface area (Å²) in [6, 6.07) is 15.0. The molecule has 0 unspecified atom stereocenters. The number of nitrogens with zero attached hydrogens (tertiary/aromatic N) is 3. The van der Waals surface area contributed by atoms with E-state index in [1.165, 1.54) is 6.07 Å². The van der Waals surface area contributed by atoms with Crippen molar-refractivity contribution in [3.05, 3.63) is 65.1 Å². The maximum Gasteiger partial charge on any atom is 0.272 e. The molecule has 4 aromatic rings. The van der Waals surface area contributed by atoms with Crippen molar-refractivity contribution in [2.45, 2.75) is 78.0 Å². The maximum atomic E-state index is 15.6. The highest BCUT2D eigenvalue weighted by Crippen LogP contribution is 2.35. The summed E-state index contributed by atoms with van der Waals surface area (Å²) in [7, 11) is 0.888. The van der Waals surface area contributed by atoms with Gasteiger partial charge in [0.2, 0.25) is 0 Å². The topological polar surface area (TPSA) is 112 Å². The number of hydrogen-bond donors (Lipinski definition) is 3. The van der Waals surface area contributed by atoms with E-state index in [0.717, 1.165) is 28.9 Å². The summed E-state index contributed by atoms with van der Waals surface area (Å²) in [4.78, 5) is 18.2. The molecule has 0 saturated heterocycles. The first-order valence-corrected chi connectivity index (χ1v) is 24.4. The number of ether oxygens (including phenoxy) is 3. The molecule has 10 nitrogen and oxygen atoms in total. The number of carbonyl (C=O) groups excluding carboxylic acids is 1. The van der Waals surface area contributed by atoms with Gasteiger partial charge in [-0.15, -0.1) is 0 Å². The second-order valence-electron chi connectivity index (χ2n) is 14.6. The highest BCUT2D eigenvalue weighted by molar-refractivity contribution is 6.76. The number of nitrogens with one attached hydrogen (secondary N) is 3. The Hall–Kier alpha value is -3.79. The lowest BCUT2D eigenvalue weighted by Crippen LogP contribution is -2.22. The number of fused-ring (bicyclic) bond motifs is 1. The molecular weight excluding hydrogens is 656 g/mol. The quantitative estimate of drug-likeness (QED) is 0.0545. The first-order valence-electron chi connectivity index (χ1n) is 17.0. The molecule has 0 bridgehead atoms. The number of hydrogen-bond acceptors (Lipinski definition) is 8. The highest BCUT2D eigenvalue weighted by atomic mass is 28.3. The van der Waals surface area contributed by atoms with Crippen molar-refractivity contribution in [3.8, 4) is 17.0 Å². The molecule has 0 fully saturated rings. The van der Waals surface area contributed by atoms with E-state index in [1.807, 2.05) is 44.3 Å². The predicted octanol–water partition coefficient (Wildman–Crippen LogP) is 7.82. The Morgan fingerprint density at radius 1 is 0.939 bits per heavy atom. The second kappa shape index (κ2) is 16.7. The molecule has 0 aliphatic carbocycles. The van der Waals surface area contributed by atoms with E-state index in [9.17, 15) is 4.79 Å². The van der Waals surface area contributed by atoms with Crippen LogP contribution >= 0.6 is 0 Å². The molecule has 0 atom stereocenters. The van der Waals surface area contributed by atoms with Crippen LogP contribution in [0.15, 0.2) is 42.5 Å². The monoisotopic (exact) mass is 708 g/mol. The van der Waals surface area contributed by atoms with E-state index in [-0.39, 0.29) is 30.9 Å². The molecule has 0 spiro atoms. The Bertz CT molecular complexity index is 1740. The minimum absolute atomic E-state index is 0.0184. The summed E-state index contributed by atoms with van der Waals surface area (Å²) in [5.74, 6) is -0.245. The first-order chi connectivity index (χ1) is 23.2. The van der Waals surface area contributed by atoms with Gasteiger partial charge in [-0.1, -0.05) is 64.4 Å². The van der Waals surface area contributed by atoms with Crippen molar-refractivity contribution < 1.29 is 23.4 Å². The molecule has 13 heteroatoms. The average Bonchev–Trinajstić information content (AvgIpc) is 3.43. The number of amides is 1. The van der Waals surface area contributed by atoms with Gasteiger partial charge in [0.1, 0.15) is 12.5 Å². The van der Waals surface area contributed by atoms with Crippen molar-refractivity contribution in [2.24, 2.45) is 0 Å². The van der Waals surface area contributed by atoms with Crippen LogP contribution in [0.25, 0.3) is 22.2 Å². The van der Waals surface area contributed by atoms with E-state index in [4.69, 9.17) is 24.3 Å². The standard InChI is InChI=1S/C36H53FN6O4Si2/c1-10-25-19-32(47-24-46-16-18-49(7,8)9)28(37)20-27(25)30-21-31-33(35(41-30)40-22-26-13-11-12-14-29(26)38-2)34(36(44)39-3)42-43(31)23-45-15-17-48(4,5)6/h11-14,19-21,38H,10,15-18,22-24H2,1-9H3,(H,39,44)(H,40,41). The molecule has 2 heterocycles. The summed E-state index contributed by atoms with van der Waals surface area (Å²) in [6.45, 7) is 17.5. The van der Waals surface area contributed by atoms with Gasteiger partial charge in [-0.05, 0) is 53.9 Å². The SMILES string of the molecule is CCc1cc(OCOCC[Si](C)(C)C)c(F)cc1-c1cc2c(c(NCc3ccccc3NC)n1)c(C(=O)NC)nn2COCC[Si](C)(C)C. The van der Waals surface area contributed by atoms with Gasteiger partial charge in [0.25, 0.3) is 5.91 Å². The van der Waals surface area contributed by atoms with Crippen LogP contribution in [0.5, 0.6) is 5.75 Å². The zero-order valence-electron chi connectivity index (χ0n) is 30.6. The van der Waals surface area contributed by atoms with Crippen LogP contribution in [-0.2, 0) is 29.2 Å². The van der Waals surface area contributed by atoms with Crippen LogP contribution in [0.3, 0.4) is 0 Å². The Morgan fingerprint density at radius 3 is 2.29 bits per heavy atom. The van der Waals surface area contributed by atoms with Gasteiger partial charge in [0, 0.05) is 61.3 Å². The van der Waals surface area contributed by atoms with Gasteiger partial charge in [0.15, 0.2) is 24.1 Å². The van der Waals surface area contributed by atoms with Gasteiger partial charge in [-0.3, -0.25) is 4.79 Å². The molecule has 3 N–H and O–H groups in total. The number of pyridine rings is 1. The van der Waals surface area contributed by atoms with Crippen LogP contribution in [-0.4, -0.2) is 70.9 Å². The van der Waals surface area contributed by atoms with E-state index < -0.39 is 22.0 Å². The summed E-state index contributed by atoms with van der Waals surface area (Å²) in [5, 5.41) is 14.7. The number of rotatable bonds is 18. The molecule has 2 aromatic carbocycles. The van der Waals surface area contributed by atoms with Gasteiger partial charge in [-0.25, -0.2) is 14.1 Å². The molecule has 2 aromatic heterocycles. The number of aromatic nitrogens is 3. The van der Waals surface area contributed by atoms with Gasteiger partial charge in [0.05, 0.1) is 16.6 Å². The van der Waals surface area contributed by atoms with Gasteiger partial charge >= 0.3 is 0 Å². The van der Waals surface area contributed by atoms with Crippen LogP contribution < -0.4 is 20.7 Å². The third-order valence-corrected chi connectivity index (χ3v) is 11.6. The molecule has 0 saturated carbocycles. The maximum absolute atomic E-state index is 15.6. The van der Waals surface area contributed by atoms with E-state index in [0.29, 0.717) is 54.2 Å². The fourth-order valence-electron chi connectivity index (χ4n) is 5.24. The molecule has 49 heavy (non-hydrogen) atoms. The second-order valence-corrected chi connectivity index (χ2v) is 25.8. The van der Waals surface area contributed by atoms with Crippen LogP contribution in [0, 0.1) is 5.82 Å². The lowest BCUT2D eigenvalue weighted by molar-refractivity contribution is 0.0197. The van der Waals surface area contributed by atoms with Crippen LogP contribution in [0.4, 0.5) is 15.9 Å². The third-order valence-electron chi connectivity index (χ3n) is 8.23. The van der Waals surface area contributed by atoms with Crippen molar-refractivity contribution >= 4 is 44.5 Å². The minimum Gasteiger partial charge on any atom is -0.464 e. The fourth-order valence-corrected chi connectivity index (χ4v) is 6.75. The lowest BCUT2D eigenvalue weighted by Gasteiger charge is -2.17. The predicted molar refractivity (Wildman–Crippen MR) is 203 cm³/mol. The van der Waals surface area contributed by atoms with Crippen molar-refractivity contribution in [1.82, 2.24) is 20.1 Å². The van der Waals surface area contributed by atoms with Gasteiger partial charge in [-0.2, -0.15) is 5.10 Å². The Kier molecular flexibility index (Phi) is 13.0. The summed E-state index contributed by atoms with van der Waals surface area (Å²) >= 11 is 0. The number of anilines is 2. The van der Waals surface area contributed by atoms with Gasteiger partial charge < -0.3 is 30.2 Å². The van der Waals surface area contributed by atoms with Crippen molar-refractivity contribution in [2.75, 3.05) is 44.7 Å². The zero-order valence-corrected chi connectivity index (χ0v) is 32.6. The summed E-state index contributed by atoms with van der Waals surface area (Å²) in [6.07, 6.45) is 0.614. The first kappa shape index (κ1) is 38.0. The molecule has 0 radical (unpaired) electrons. The van der Waals surface area contributed by atoms with E-state index in [2.05, 4.69) is 55.2 Å². The number of benzene rings is 2. The molecular formula is C36H53FN6O4Si2.